The van der Waals surface area contributed by atoms with E-state index in [4.69, 9.17) is 0 Å². The van der Waals surface area contributed by atoms with Crippen molar-refractivity contribution >= 4 is 21.6 Å². The fourth-order valence-corrected chi connectivity index (χ4v) is 3.04. The minimum atomic E-state index is 0.154. The number of hydrogen-bond donors (Lipinski definition) is 1. The van der Waals surface area contributed by atoms with Crippen LogP contribution in [0.25, 0.3) is 0 Å². The van der Waals surface area contributed by atoms with Crippen LogP contribution in [0.1, 0.15) is 46.1 Å². The smallest absolute Gasteiger partial charge is 0.0380 e. The highest BCUT2D eigenvalue weighted by atomic mass is 79.9. The van der Waals surface area contributed by atoms with Crippen molar-refractivity contribution in [1.82, 2.24) is 5.32 Å². The normalized spacial score (nSPS) is 20.1. The first-order chi connectivity index (χ1) is 8.87. The van der Waals surface area contributed by atoms with Gasteiger partial charge in [0.05, 0.1) is 0 Å². The van der Waals surface area contributed by atoms with Crippen LogP contribution < -0.4 is 10.2 Å². The Morgan fingerprint density at radius 1 is 1.37 bits per heavy atom. The summed E-state index contributed by atoms with van der Waals surface area (Å²) in [4.78, 5) is 2.51. The van der Waals surface area contributed by atoms with Crippen LogP contribution in [-0.4, -0.2) is 18.1 Å². The Bertz CT molecular complexity index is 437. The Morgan fingerprint density at radius 3 is 2.63 bits per heavy atom. The molecule has 3 heteroatoms. The van der Waals surface area contributed by atoms with Crippen molar-refractivity contribution in [3.63, 3.8) is 0 Å². The zero-order valence-electron chi connectivity index (χ0n) is 12.5. The zero-order chi connectivity index (χ0) is 14.0. The lowest BCUT2D eigenvalue weighted by Gasteiger charge is -2.25. The van der Waals surface area contributed by atoms with E-state index in [1.807, 2.05) is 0 Å². The minimum Gasteiger partial charge on any atom is -0.369 e. The molecule has 0 aliphatic carbocycles. The molecule has 0 radical (unpaired) electrons. The summed E-state index contributed by atoms with van der Waals surface area (Å²) in [6.45, 7) is 11.0. The van der Waals surface area contributed by atoms with Gasteiger partial charge in [0.2, 0.25) is 0 Å². The third kappa shape index (κ3) is 3.96. The van der Waals surface area contributed by atoms with Crippen molar-refractivity contribution in [2.75, 3.05) is 11.4 Å². The lowest BCUT2D eigenvalue weighted by Crippen LogP contribution is -2.35. The average Bonchev–Trinajstić information content (AvgIpc) is 2.72. The van der Waals surface area contributed by atoms with Gasteiger partial charge in [-0.25, -0.2) is 0 Å². The number of nitrogens with zero attached hydrogens (tertiary/aromatic N) is 1. The lowest BCUT2D eigenvalue weighted by molar-refractivity contribution is 0.424. The Hall–Kier alpha value is -0.540. The molecular formula is C16H25BrN2. The predicted octanol–water partition coefficient (Wildman–Crippen LogP) is 4.33. The van der Waals surface area contributed by atoms with E-state index in [0.717, 1.165) is 6.54 Å². The van der Waals surface area contributed by atoms with Crippen molar-refractivity contribution in [1.29, 1.82) is 0 Å². The lowest BCUT2D eigenvalue weighted by atomic mass is 10.1. The third-order valence-corrected chi connectivity index (χ3v) is 4.47. The number of anilines is 1. The second kappa shape index (κ2) is 5.84. The molecular weight excluding hydrogens is 300 g/mol. The molecule has 0 saturated carbocycles. The molecule has 0 bridgehead atoms. The van der Waals surface area contributed by atoms with E-state index in [-0.39, 0.29) is 5.54 Å². The molecule has 1 saturated heterocycles. The standard InChI is InChI=1S/C16H25BrN2/c1-12-6-5-9-19(12)14-8-7-13(15(17)10-14)11-18-16(2,3)4/h7-8,10,12,18H,5-6,9,11H2,1-4H3. The van der Waals surface area contributed by atoms with Gasteiger partial charge in [-0.2, -0.15) is 0 Å². The van der Waals surface area contributed by atoms with Crippen molar-refractivity contribution < 1.29 is 0 Å². The number of hydrogen-bond acceptors (Lipinski definition) is 2. The highest BCUT2D eigenvalue weighted by molar-refractivity contribution is 9.10. The van der Waals surface area contributed by atoms with Crippen LogP contribution >= 0.6 is 15.9 Å². The molecule has 2 rings (SSSR count). The number of benzene rings is 1. The van der Waals surface area contributed by atoms with Gasteiger partial charge in [-0.1, -0.05) is 22.0 Å². The molecule has 1 atom stereocenters. The number of rotatable bonds is 3. The summed E-state index contributed by atoms with van der Waals surface area (Å²) in [6.07, 6.45) is 2.62. The van der Waals surface area contributed by atoms with Gasteiger partial charge in [-0.15, -0.1) is 0 Å². The minimum absolute atomic E-state index is 0.154. The van der Waals surface area contributed by atoms with E-state index in [1.54, 1.807) is 0 Å². The fraction of sp³-hybridized carbons (Fsp3) is 0.625. The maximum atomic E-state index is 3.72. The summed E-state index contributed by atoms with van der Waals surface area (Å²) in [6, 6.07) is 7.43. The average molecular weight is 325 g/mol. The molecule has 0 amide bonds. The van der Waals surface area contributed by atoms with Crippen molar-refractivity contribution in [2.45, 2.75) is 58.7 Å². The third-order valence-electron chi connectivity index (χ3n) is 3.73. The van der Waals surface area contributed by atoms with Gasteiger partial charge in [-0.05, 0) is 58.2 Å². The first-order valence-corrected chi connectivity index (χ1v) is 7.96. The van der Waals surface area contributed by atoms with Gasteiger partial charge in [0, 0.05) is 34.8 Å². The van der Waals surface area contributed by atoms with Crippen LogP contribution in [0.4, 0.5) is 5.69 Å². The molecule has 1 N–H and O–H groups in total. The van der Waals surface area contributed by atoms with Gasteiger partial charge < -0.3 is 10.2 Å². The maximum absolute atomic E-state index is 3.72. The van der Waals surface area contributed by atoms with Crippen LogP contribution in [0.2, 0.25) is 0 Å². The van der Waals surface area contributed by atoms with Gasteiger partial charge in [0.25, 0.3) is 0 Å². The summed E-state index contributed by atoms with van der Waals surface area (Å²) < 4.78 is 1.21. The highest BCUT2D eigenvalue weighted by Crippen LogP contribution is 2.29. The molecule has 1 aromatic carbocycles. The fourth-order valence-electron chi connectivity index (χ4n) is 2.54. The molecule has 106 valence electrons. The van der Waals surface area contributed by atoms with Crippen LogP contribution in [0, 0.1) is 0 Å². The number of nitrogens with one attached hydrogen (secondary N) is 1. The Labute approximate surface area is 125 Å². The molecule has 19 heavy (non-hydrogen) atoms. The van der Waals surface area contributed by atoms with E-state index in [0.29, 0.717) is 6.04 Å². The van der Waals surface area contributed by atoms with Gasteiger partial charge in [0.15, 0.2) is 0 Å². The van der Waals surface area contributed by atoms with Gasteiger partial charge in [0.1, 0.15) is 0 Å². The molecule has 1 unspecified atom stereocenters. The molecule has 1 heterocycles. The van der Waals surface area contributed by atoms with Crippen LogP contribution in [0.15, 0.2) is 22.7 Å². The number of halogens is 1. The SMILES string of the molecule is CC1CCCN1c1ccc(CNC(C)(C)C)c(Br)c1. The summed E-state index contributed by atoms with van der Waals surface area (Å²) >= 11 is 3.72. The second-order valence-corrected chi connectivity index (χ2v) is 7.42. The van der Waals surface area contributed by atoms with Crippen LogP contribution in [0.3, 0.4) is 0 Å². The maximum Gasteiger partial charge on any atom is 0.0380 e. The first kappa shape index (κ1) is 14.9. The van der Waals surface area contributed by atoms with Crippen LogP contribution in [-0.2, 0) is 6.54 Å². The zero-order valence-corrected chi connectivity index (χ0v) is 14.0. The second-order valence-electron chi connectivity index (χ2n) is 6.56. The Balaban J connectivity index is 2.09. The monoisotopic (exact) mass is 324 g/mol. The van der Waals surface area contributed by atoms with Crippen molar-refractivity contribution in [3.8, 4) is 0 Å². The topological polar surface area (TPSA) is 15.3 Å². The van der Waals surface area contributed by atoms with Crippen molar-refractivity contribution in [3.05, 3.63) is 28.2 Å². The summed E-state index contributed by atoms with van der Waals surface area (Å²) in [7, 11) is 0. The molecule has 1 fully saturated rings. The summed E-state index contributed by atoms with van der Waals surface area (Å²) in [5.41, 5.74) is 2.82. The van der Waals surface area contributed by atoms with Gasteiger partial charge in [-0.3, -0.25) is 0 Å². The highest BCUT2D eigenvalue weighted by Gasteiger charge is 2.21. The molecule has 0 aromatic heterocycles. The molecule has 0 spiro atoms. The van der Waals surface area contributed by atoms with Crippen molar-refractivity contribution in [2.24, 2.45) is 0 Å². The van der Waals surface area contributed by atoms with E-state index in [9.17, 15) is 0 Å². The summed E-state index contributed by atoms with van der Waals surface area (Å²) in [5, 5.41) is 3.53. The predicted molar refractivity (Wildman–Crippen MR) is 86.8 cm³/mol. The van der Waals surface area contributed by atoms with E-state index in [2.05, 4.69) is 72.0 Å². The first-order valence-electron chi connectivity index (χ1n) is 7.17. The quantitative estimate of drug-likeness (QED) is 0.890. The van der Waals surface area contributed by atoms with E-state index in [1.165, 1.54) is 35.1 Å². The molecule has 2 nitrogen and oxygen atoms in total. The molecule has 1 aliphatic rings. The molecule has 1 aromatic rings. The summed E-state index contributed by atoms with van der Waals surface area (Å²) in [5.74, 6) is 0. The van der Waals surface area contributed by atoms with E-state index >= 15 is 0 Å². The van der Waals surface area contributed by atoms with Crippen LogP contribution in [0.5, 0.6) is 0 Å². The Kier molecular flexibility index (Phi) is 4.57. The Morgan fingerprint density at radius 2 is 2.11 bits per heavy atom. The molecule has 1 aliphatic heterocycles. The van der Waals surface area contributed by atoms with Gasteiger partial charge >= 0.3 is 0 Å². The van der Waals surface area contributed by atoms with E-state index < -0.39 is 0 Å². The largest absolute Gasteiger partial charge is 0.369 e.